The van der Waals surface area contributed by atoms with Crippen molar-refractivity contribution in [3.05, 3.63) is 46.5 Å². The van der Waals surface area contributed by atoms with Crippen LogP contribution in [0.25, 0.3) is 0 Å². The number of rotatable bonds is 4. The highest BCUT2D eigenvalue weighted by atomic mass is 32.1. The van der Waals surface area contributed by atoms with Gasteiger partial charge in [0.25, 0.3) is 11.8 Å². The number of carbonyl (C=O) groups is 2. The third-order valence-corrected chi connectivity index (χ3v) is 5.16. The molecule has 1 N–H and O–H groups in total. The number of carbonyl (C=O) groups excluding carboxylic acids is 2. The van der Waals surface area contributed by atoms with Gasteiger partial charge in [0.05, 0.1) is 24.9 Å². The average molecular weight is 359 g/mol. The van der Waals surface area contributed by atoms with Crippen LogP contribution >= 0.6 is 11.3 Å². The molecule has 0 saturated carbocycles. The summed E-state index contributed by atoms with van der Waals surface area (Å²) >= 11 is 1.50. The van der Waals surface area contributed by atoms with Crippen molar-refractivity contribution in [2.24, 2.45) is 5.16 Å². The average Bonchev–Trinajstić information content (AvgIpc) is 3.41. The highest BCUT2D eigenvalue weighted by Crippen LogP contribution is 2.34. The molecule has 1 saturated heterocycles. The molecule has 130 valence electrons. The lowest BCUT2D eigenvalue weighted by molar-refractivity contribution is -0.115. The maximum atomic E-state index is 12.4. The molecule has 2 amide bonds. The Morgan fingerprint density at radius 2 is 2.32 bits per heavy atom. The van der Waals surface area contributed by atoms with Gasteiger partial charge in [-0.05, 0) is 23.6 Å². The van der Waals surface area contributed by atoms with Crippen molar-refractivity contribution in [2.45, 2.75) is 25.0 Å². The van der Waals surface area contributed by atoms with Gasteiger partial charge < -0.3 is 19.5 Å². The summed E-state index contributed by atoms with van der Waals surface area (Å²) in [5.74, 6) is 0.407. The highest BCUT2D eigenvalue weighted by molar-refractivity contribution is 7.08. The zero-order chi connectivity index (χ0) is 17.3. The summed E-state index contributed by atoms with van der Waals surface area (Å²) < 4.78 is 5.19. The van der Waals surface area contributed by atoms with Gasteiger partial charge >= 0.3 is 0 Å². The monoisotopic (exact) mass is 359 g/mol. The number of hydrogen-bond donors (Lipinski definition) is 1. The van der Waals surface area contributed by atoms with Gasteiger partial charge in [0, 0.05) is 24.8 Å². The summed E-state index contributed by atoms with van der Waals surface area (Å²) in [5, 5.41) is 10.5. The quantitative estimate of drug-likeness (QED) is 0.905. The SMILES string of the molecule is O=C(NCc1ccco1)C1=NOC2(CCN(C(=O)c3ccsc3)C2)C1. The second-order valence-corrected chi connectivity index (χ2v) is 7.02. The summed E-state index contributed by atoms with van der Waals surface area (Å²) in [7, 11) is 0. The topological polar surface area (TPSA) is 84.1 Å². The van der Waals surface area contributed by atoms with Gasteiger partial charge in [0.15, 0.2) is 5.60 Å². The molecule has 4 rings (SSSR count). The third kappa shape index (κ3) is 3.17. The number of nitrogens with zero attached hydrogens (tertiary/aromatic N) is 2. The normalized spacial score (nSPS) is 22.1. The first-order valence-corrected chi connectivity index (χ1v) is 8.97. The van der Waals surface area contributed by atoms with E-state index in [1.165, 1.54) is 11.3 Å². The molecule has 0 aromatic carbocycles. The van der Waals surface area contributed by atoms with E-state index in [2.05, 4.69) is 10.5 Å². The van der Waals surface area contributed by atoms with Crippen LogP contribution in [-0.4, -0.2) is 41.1 Å². The minimum absolute atomic E-state index is 0.00236. The number of amides is 2. The van der Waals surface area contributed by atoms with E-state index in [0.29, 0.717) is 49.5 Å². The maximum absolute atomic E-state index is 12.4. The molecule has 1 atom stereocenters. The second-order valence-electron chi connectivity index (χ2n) is 6.24. The molecule has 0 radical (unpaired) electrons. The zero-order valence-corrected chi connectivity index (χ0v) is 14.3. The Balaban J connectivity index is 1.33. The van der Waals surface area contributed by atoms with E-state index in [1.807, 2.05) is 16.8 Å². The van der Waals surface area contributed by atoms with E-state index < -0.39 is 5.60 Å². The molecule has 4 heterocycles. The molecule has 2 aromatic rings. The summed E-state index contributed by atoms with van der Waals surface area (Å²) in [4.78, 5) is 32.0. The molecular formula is C17H17N3O4S. The molecule has 7 nitrogen and oxygen atoms in total. The Hall–Kier alpha value is -2.61. The lowest BCUT2D eigenvalue weighted by Crippen LogP contribution is -2.38. The number of furan rings is 1. The minimum atomic E-state index is -0.580. The predicted octanol–water partition coefficient (Wildman–Crippen LogP) is 2.02. The van der Waals surface area contributed by atoms with Gasteiger partial charge in [-0.2, -0.15) is 11.3 Å². The maximum Gasteiger partial charge on any atom is 0.269 e. The molecule has 2 aromatic heterocycles. The Morgan fingerprint density at radius 1 is 1.40 bits per heavy atom. The van der Waals surface area contributed by atoms with E-state index in [4.69, 9.17) is 9.25 Å². The molecule has 8 heteroatoms. The zero-order valence-electron chi connectivity index (χ0n) is 13.4. The number of hydrogen-bond acceptors (Lipinski definition) is 6. The van der Waals surface area contributed by atoms with Crippen molar-refractivity contribution >= 4 is 28.9 Å². The predicted molar refractivity (Wildman–Crippen MR) is 91.3 cm³/mol. The number of nitrogens with one attached hydrogen (secondary N) is 1. The van der Waals surface area contributed by atoms with Crippen molar-refractivity contribution < 1.29 is 18.8 Å². The van der Waals surface area contributed by atoms with Crippen LogP contribution in [0.2, 0.25) is 0 Å². The summed E-state index contributed by atoms with van der Waals surface area (Å²) in [6.07, 6.45) is 2.63. The van der Waals surface area contributed by atoms with Crippen molar-refractivity contribution in [2.75, 3.05) is 13.1 Å². The molecule has 25 heavy (non-hydrogen) atoms. The van der Waals surface area contributed by atoms with Crippen LogP contribution in [0, 0.1) is 0 Å². The van der Waals surface area contributed by atoms with E-state index in [1.54, 1.807) is 23.3 Å². The van der Waals surface area contributed by atoms with Gasteiger partial charge in [0.1, 0.15) is 11.5 Å². The fourth-order valence-electron chi connectivity index (χ4n) is 3.13. The molecule has 1 spiro atoms. The van der Waals surface area contributed by atoms with Crippen LogP contribution in [0.5, 0.6) is 0 Å². The number of oxime groups is 1. The minimum Gasteiger partial charge on any atom is -0.467 e. The first kappa shape index (κ1) is 15.9. The van der Waals surface area contributed by atoms with Crippen molar-refractivity contribution in [1.82, 2.24) is 10.2 Å². The van der Waals surface area contributed by atoms with Crippen LogP contribution in [0.3, 0.4) is 0 Å². The Bertz CT molecular complexity index is 800. The fraction of sp³-hybridized carbons (Fsp3) is 0.353. The molecule has 2 aliphatic rings. The van der Waals surface area contributed by atoms with Gasteiger partial charge in [0.2, 0.25) is 0 Å². The van der Waals surface area contributed by atoms with Gasteiger partial charge in [-0.15, -0.1) is 0 Å². The number of thiophene rings is 1. The van der Waals surface area contributed by atoms with Gasteiger partial charge in [-0.25, -0.2) is 0 Å². The summed E-state index contributed by atoms with van der Waals surface area (Å²) in [5.41, 5.74) is 0.469. The van der Waals surface area contributed by atoms with Crippen molar-refractivity contribution in [3.8, 4) is 0 Å². The lowest BCUT2D eigenvalue weighted by atomic mass is 9.96. The van der Waals surface area contributed by atoms with Crippen LogP contribution < -0.4 is 5.32 Å². The molecule has 1 fully saturated rings. The first-order valence-electron chi connectivity index (χ1n) is 8.02. The molecule has 2 aliphatic heterocycles. The van der Waals surface area contributed by atoms with E-state index in [0.717, 1.165) is 0 Å². The largest absolute Gasteiger partial charge is 0.467 e. The van der Waals surface area contributed by atoms with Crippen molar-refractivity contribution in [3.63, 3.8) is 0 Å². The summed E-state index contributed by atoms with van der Waals surface area (Å²) in [6, 6.07) is 5.38. The van der Waals surface area contributed by atoms with E-state index >= 15 is 0 Å². The Labute approximate surface area is 148 Å². The first-order chi connectivity index (χ1) is 12.2. The Morgan fingerprint density at radius 3 is 3.08 bits per heavy atom. The van der Waals surface area contributed by atoms with Crippen LogP contribution in [0.4, 0.5) is 0 Å². The fourth-order valence-corrected chi connectivity index (χ4v) is 3.76. The van der Waals surface area contributed by atoms with Gasteiger partial charge in [-0.3, -0.25) is 9.59 Å². The molecule has 0 aliphatic carbocycles. The lowest BCUT2D eigenvalue weighted by Gasteiger charge is -2.21. The summed E-state index contributed by atoms with van der Waals surface area (Å²) in [6.45, 7) is 1.35. The molecular weight excluding hydrogens is 342 g/mol. The molecule has 1 unspecified atom stereocenters. The standard InChI is InChI=1S/C17H17N3O4S/c21-15(18-9-13-2-1-6-23-13)14-8-17(24-19-14)4-5-20(11-17)16(22)12-3-7-25-10-12/h1-3,6-7,10H,4-5,8-9,11H2,(H,18,21). The highest BCUT2D eigenvalue weighted by Gasteiger charge is 2.48. The van der Waals surface area contributed by atoms with Crippen molar-refractivity contribution in [1.29, 1.82) is 0 Å². The smallest absolute Gasteiger partial charge is 0.269 e. The van der Waals surface area contributed by atoms with E-state index in [-0.39, 0.29) is 11.8 Å². The van der Waals surface area contributed by atoms with Crippen LogP contribution in [-0.2, 0) is 16.2 Å². The van der Waals surface area contributed by atoms with E-state index in [9.17, 15) is 9.59 Å². The Kier molecular flexibility index (Phi) is 4.04. The molecule has 0 bridgehead atoms. The second kappa shape index (κ2) is 6.36. The van der Waals surface area contributed by atoms with Crippen LogP contribution in [0.1, 0.15) is 29.0 Å². The van der Waals surface area contributed by atoms with Crippen LogP contribution in [0.15, 0.2) is 44.8 Å². The third-order valence-electron chi connectivity index (χ3n) is 4.48. The number of likely N-dealkylation sites (tertiary alicyclic amines) is 1. The van der Waals surface area contributed by atoms with Gasteiger partial charge in [-0.1, -0.05) is 5.16 Å².